The molecule has 24 heavy (non-hydrogen) atoms. The molecule has 1 aromatic carbocycles. The number of halogens is 2. The van der Waals surface area contributed by atoms with Crippen LogP contribution >= 0.6 is 15.9 Å². The molecule has 6 nitrogen and oxygen atoms in total. The summed E-state index contributed by atoms with van der Waals surface area (Å²) in [6, 6.07) is 4.18. The first-order chi connectivity index (χ1) is 11.4. The van der Waals surface area contributed by atoms with E-state index in [1.54, 1.807) is 6.92 Å². The van der Waals surface area contributed by atoms with E-state index in [4.69, 9.17) is 0 Å². The van der Waals surface area contributed by atoms with E-state index >= 15 is 0 Å². The minimum atomic E-state index is -0.903. The van der Waals surface area contributed by atoms with E-state index in [1.165, 1.54) is 18.2 Å². The molecule has 3 rings (SSSR count). The first-order valence-electron chi connectivity index (χ1n) is 7.39. The Morgan fingerprint density at radius 2 is 2.21 bits per heavy atom. The van der Waals surface area contributed by atoms with Gasteiger partial charge in [0.25, 0.3) is 0 Å². The van der Waals surface area contributed by atoms with E-state index < -0.39 is 23.9 Å². The number of rotatable bonds is 2. The highest BCUT2D eigenvalue weighted by molar-refractivity contribution is 9.10. The highest BCUT2D eigenvalue weighted by Crippen LogP contribution is 2.35. The van der Waals surface area contributed by atoms with Crippen molar-refractivity contribution >= 4 is 28.0 Å². The first kappa shape index (κ1) is 16.5. The van der Waals surface area contributed by atoms with Gasteiger partial charge >= 0.3 is 12.1 Å². The number of allylic oxidation sites excluding steroid dienone is 1. The molecule has 1 aromatic rings. The van der Waals surface area contributed by atoms with Crippen molar-refractivity contribution in [3.05, 3.63) is 45.3 Å². The molecule has 4 amide bonds. The van der Waals surface area contributed by atoms with Crippen LogP contribution in [0.4, 0.5) is 14.0 Å². The predicted octanol–water partition coefficient (Wildman–Crippen LogP) is 3.32. The van der Waals surface area contributed by atoms with Gasteiger partial charge in [-0.3, -0.25) is 0 Å². The lowest BCUT2D eigenvalue weighted by atomic mass is 9.95. The highest BCUT2D eigenvalue weighted by atomic mass is 79.9. The Morgan fingerprint density at radius 3 is 2.79 bits per heavy atom. The Balaban J connectivity index is 2.07. The molecule has 1 heterocycles. The number of imide groups is 1. The van der Waals surface area contributed by atoms with E-state index in [2.05, 4.69) is 26.6 Å². The number of hydrogen-bond acceptors (Lipinski definition) is 3. The second kappa shape index (κ2) is 6.24. The number of nitriles is 1. The highest BCUT2D eigenvalue weighted by Gasteiger charge is 2.40. The molecule has 1 atom stereocenters. The summed E-state index contributed by atoms with van der Waals surface area (Å²) in [5, 5.41) is 14.8. The Labute approximate surface area is 146 Å². The molecule has 1 unspecified atom stereocenters. The van der Waals surface area contributed by atoms with Crippen LogP contribution in [0.3, 0.4) is 0 Å². The van der Waals surface area contributed by atoms with Gasteiger partial charge in [-0.15, -0.1) is 0 Å². The van der Waals surface area contributed by atoms with Crippen LogP contribution in [0.1, 0.15) is 31.4 Å². The molecule has 0 spiro atoms. The zero-order valence-electron chi connectivity index (χ0n) is 12.8. The van der Waals surface area contributed by atoms with Crippen molar-refractivity contribution in [1.29, 1.82) is 5.26 Å². The zero-order chi connectivity index (χ0) is 17.4. The standard InChI is InChI=1S/C16H14BrFN4O2/c1-8-11(7-19)14(9-2-5-13(18)12(17)6-9)22(15(23)20-8)16(24)21-10-3-4-10/h2,5-6,10,14H,3-4H2,1H3,(H,20,23)(H,21,24). The van der Waals surface area contributed by atoms with Crippen molar-refractivity contribution in [2.45, 2.75) is 31.8 Å². The minimum absolute atomic E-state index is 0.0587. The molecule has 8 heteroatoms. The molecule has 1 aliphatic carbocycles. The van der Waals surface area contributed by atoms with E-state index in [1.807, 2.05) is 6.07 Å². The van der Waals surface area contributed by atoms with Crippen LogP contribution in [0, 0.1) is 17.1 Å². The van der Waals surface area contributed by atoms with Gasteiger partial charge in [0.15, 0.2) is 0 Å². The van der Waals surface area contributed by atoms with Crippen molar-refractivity contribution in [2.75, 3.05) is 0 Å². The Morgan fingerprint density at radius 1 is 1.50 bits per heavy atom. The van der Waals surface area contributed by atoms with Crippen LogP contribution in [-0.4, -0.2) is 23.0 Å². The third-order valence-electron chi connectivity index (χ3n) is 3.95. The summed E-state index contributed by atoms with van der Waals surface area (Å²) in [7, 11) is 0. The molecule has 0 radical (unpaired) electrons. The third-order valence-corrected chi connectivity index (χ3v) is 4.56. The fourth-order valence-electron chi connectivity index (χ4n) is 2.56. The van der Waals surface area contributed by atoms with Gasteiger partial charge in [0.2, 0.25) is 0 Å². The van der Waals surface area contributed by atoms with Gasteiger partial charge in [0.05, 0.1) is 16.1 Å². The average molecular weight is 393 g/mol. The number of carbonyl (C=O) groups excluding carboxylic acids is 2. The molecule has 0 bridgehead atoms. The van der Waals surface area contributed by atoms with Crippen LogP contribution in [0.25, 0.3) is 0 Å². The summed E-state index contributed by atoms with van der Waals surface area (Å²) in [5.41, 5.74) is 1.09. The maximum Gasteiger partial charge on any atom is 0.330 e. The van der Waals surface area contributed by atoms with Gasteiger partial charge in [-0.1, -0.05) is 6.07 Å². The molecule has 1 aliphatic heterocycles. The SMILES string of the molecule is CC1=C(C#N)C(c2ccc(F)c(Br)c2)N(C(=O)NC2CC2)C(=O)N1. The normalized spacial score (nSPS) is 20.5. The fourth-order valence-corrected chi connectivity index (χ4v) is 2.96. The van der Waals surface area contributed by atoms with Gasteiger partial charge in [-0.2, -0.15) is 5.26 Å². The number of nitrogens with one attached hydrogen (secondary N) is 2. The average Bonchev–Trinajstić information content (AvgIpc) is 3.33. The van der Waals surface area contributed by atoms with Gasteiger partial charge in [0, 0.05) is 11.7 Å². The quantitative estimate of drug-likeness (QED) is 0.809. The van der Waals surface area contributed by atoms with E-state index in [0.29, 0.717) is 11.3 Å². The zero-order valence-corrected chi connectivity index (χ0v) is 14.4. The molecular weight excluding hydrogens is 379 g/mol. The Bertz CT molecular complexity index is 798. The number of nitrogens with zero attached hydrogens (tertiary/aromatic N) is 2. The van der Waals surface area contributed by atoms with Crippen LogP contribution in [0.5, 0.6) is 0 Å². The monoisotopic (exact) mass is 392 g/mol. The predicted molar refractivity (Wildman–Crippen MR) is 87.1 cm³/mol. The molecular formula is C16H14BrFN4O2. The van der Waals surface area contributed by atoms with E-state index in [0.717, 1.165) is 17.7 Å². The second-order valence-corrected chi connectivity index (χ2v) is 6.60. The summed E-state index contributed by atoms with van der Waals surface area (Å²) in [4.78, 5) is 25.8. The number of amides is 4. The molecule has 1 saturated carbocycles. The lowest BCUT2D eigenvalue weighted by Crippen LogP contribution is -2.53. The van der Waals surface area contributed by atoms with Crippen LogP contribution in [-0.2, 0) is 0 Å². The van der Waals surface area contributed by atoms with E-state index in [9.17, 15) is 19.2 Å². The topological polar surface area (TPSA) is 85.2 Å². The lowest BCUT2D eigenvalue weighted by Gasteiger charge is -2.35. The number of carbonyl (C=O) groups is 2. The summed E-state index contributed by atoms with van der Waals surface area (Å²) >= 11 is 3.10. The largest absolute Gasteiger partial charge is 0.335 e. The molecule has 2 aliphatic rings. The van der Waals surface area contributed by atoms with Gasteiger partial charge < -0.3 is 10.6 Å². The fraction of sp³-hybridized carbons (Fsp3) is 0.312. The Hall–Kier alpha value is -2.40. The maximum atomic E-state index is 13.5. The maximum absolute atomic E-state index is 13.5. The van der Waals surface area contributed by atoms with Crippen molar-refractivity contribution in [3.8, 4) is 6.07 Å². The summed E-state index contributed by atoms with van der Waals surface area (Å²) in [6.07, 6.45) is 1.74. The smallest absolute Gasteiger partial charge is 0.330 e. The summed E-state index contributed by atoms with van der Waals surface area (Å²) in [6.45, 7) is 1.60. The molecule has 2 N–H and O–H groups in total. The molecule has 124 valence electrons. The summed E-state index contributed by atoms with van der Waals surface area (Å²) in [5.74, 6) is -0.466. The van der Waals surface area contributed by atoms with E-state index in [-0.39, 0.29) is 16.1 Å². The second-order valence-electron chi connectivity index (χ2n) is 5.75. The van der Waals surface area contributed by atoms with Crippen LogP contribution < -0.4 is 10.6 Å². The summed E-state index contributed by atoms with van der Waals surface area (Å²) < 4.78 is 13.7. The van der Waals surface area contributed by atoms with Crippen molar-refractivity contribution in [2.24, 2.45) is 0 Å². The molecule has 0 saturated heterocycles. The van der Waals surface area contributed by atoms with Crippen LogP contribution in [0.2, 0.25) is 0 Å². The number of benzene rings is 1. The van der Waals surface area contributed by atoms with Crippen molar-refractivity contribution < 1.29 is 14.0 Å². The number of hydrogen-bond donors (Lipinski definition) is 2. The lowest BCUT2D eigenvalue weighted by molar-refractivity contribution is 0.173. The van der Waals surface area contributed by atoms with Gasteiger partial charge in [0.1, 0.15) is 11.9 Å². The van der Waals surface area contributed by atoms with Crippen molar-refractivity contribution in [3.63, 3.8) is 0 Å². The number of urea groups is 2. The third kappa shape index (κ3) is 2.99. The van der Waals surface area contributed by atoms with Gasteiger partial charge in [-0.25, -0.2) is 18.9 Å². The Kier molecular flexibility index (Phi) is 4.28. The molecule has 0 aromatic heterocycles. The van der Waals surface area contributed by atoms with Crippen LogP contribution in [0.15, 0.2) is 33.9 Å². The minimum Gasteiger partial charge on any atom is -0.335 e. The molecule has 1 fully saturated rings. The first-order valence-corrected chi connectivity index (χ1v) is 8.18. The van der Waals surface area contributed by atoms with Crippen molar-refractivity contribution in [1.82, 2.24) is 15.5 Å². The van der Waals surface area contributed by atoms with Gasteiger partial charge in [-0.05, 0) is 53.4 Å².